The molecule has 2 bridgehead atoms. The molecule has 1 atom stereocenters. The molecule has 2 amide bonds. The van der Waals surface area contributed by atoms with Crippen LogP contribution in [0.2, 0.25) is 5.02 Å². The number of carboxylic acid groups (broad SMARTS) is 1. The van der Waals surface area contributed by atoms with Crippen molar-refractivity contribution in [3.8, 4) is 28.1 Å². The van der Waals surface area contributed by atoms with Crippen molar-refractivity contribution in [2.75, 3.05) is 32.1 Å². The van der Waals surface area contributed by atoms with E-state index in [1.165, 1.54) is 0 Å². The van der Waals surface area contributed by atoms with E-state index in [0.29, 0.717) is 54.0 Å². The van der Waals surface area contributed by atoms with Gasteiger partial charge in [-0.25, -0.2) is 4.98 Å². The largest absolute Gasteiger partial charge is 0.496 e. The number of benzene rings is 2. The SMILES string of the molecule is COc1cc(-c2nccc(-c3cccc(NC(=O)c4nc5c(n4C)CCN(CCC46CCC(C(=O)O)(CC4)C6)C5)c3C)c2Cl)ccc1CNC[C@@H]1CCC(=O)N1. The Labute approximate surface area is 332 Å². The van der Waals surface area contributed by atoms with E-state index < -0.39 is 11.4 Å². The number of anilines is 1. The van der Waals surface area contributed by atoms with Gasteiger partial charge < -0.3 is 30.4 Å². The van der Waals surface area contributed by atoms with Crippen LogP contribution in [-0.2, 0) is 36.1 Å². The van der Waals surface area contributed by atoms with E-state index in [1.54, 1.807) is 13.3 Å². The van der Waals surface area contributed by atoms with Gasteiger partial charge in [-0.15, -0.1) is 0 Å². The molecule has 4 heterocycles. The Morgan fingerprint density at radius 3 is 2.66 bits per heavy atom. The van der Waals surface area contributed by atoms with Crippen molar-refractivity contribution in [3.05, 3.63) is 82.0 Å². The molecule has 2 aromatic carbocycles. The summed E-state index contributed by atoms with van der Waals surface area (Å²) < 4.78 is 7.67. The number of methoxy groups -OCH3 is 1. The van der Waals surface area contributed by atoms with Crippen LogP contribution in [0.4, 0.5) is 5.69 Å². The summed E-state index contributed by atoms with van der Waals surface area (Å²) in [6.07, 6.45) is 9.41. The number of pyridine rings is 1. The number of halogens is 1. The number of aromatic nitrogens is 3. The molecule has 2 aliphatic carbocycles. The lowest BCUT2D eigenvalue weighted by Crippen LogP contribution is -2.35. The molecular weight excluding hydrogens is 730 g/mol. The molecule has 0 unspecified atom stereocenters. The Morgan fingerprint density at radius 1 is 1.11 bits per heavy atom. The first-order chi connectivity index (χ1) is 27.0. The first-order valence-corrected chi connectivity index (χ1v) is 20.1. The van der Waals surface area contributed by atoms with Crippen molar-refractivity contribution >= 4 is 35.1 Å². The van der Waals surface area contributed by atoms with Crippen LogP contribution in [0.3, 0.4) is 0 Å². The van der Waals surface area contributed by atoms with E-state index in [4.69, 9.17) is 21.3 Å². The predicted molar refractivity (Wildman–Crippen MR) is 215 cm³/mol. The molecule has 4 N–H and O–H groups in total. The number of rotatable bonds is 13. The van der Waals surface area contributed by atoms with Gasteiger partial charge >= 0.3 is 5.97 Å². The third-order valence-electron chi connectivity index (χ3n) is 13.0. The maximum absolute atomic E-state index is 13.8. The number of nitrogens with zero attached hydrogens (tertiary/aromatic N) is 4. The predicted octanol–water partition coefficient (Wildman–Crippen LogP) is 6.52. The minimum Gasteiger partial charge on any atom is -0.496 e. The lowest BCUT2D eigenvalue weighted by Gasteiger charge is -2.32. The zero-order valence-electron chi connectivity index (χ0n) is 32.3. The fraction of sp³-hybridized carbons (Fsp3) is 0.465. The highest BCUT2D eigenvalue weighted by molar-refractivity contribution is 6.35. The Bertz CT molecular complexity index is 2190. The summed E-state index contributed by atoms with van der Waals surface area (Å²) in [6, 6.07) is 13.8. The number of amides is 2. The van der Waals surface area contributed by atoms with Crippen LogP contribution >= 0.6 is 11.6 Å². The molecule has 8 rings (SSSR count). The zero-order chi connectivity index (χ0) is 39.2. The Morgan fingerprint density at radius 2 is 1.93 bits per heavy atom. The van der Waals surface area contributed by atoms with Crippen molar-refractivity contribution < 1.29 is 24.2 Å². The lowest BCUT2D eigenvalue weighted by atomic mass is 9.80. The number of fused-ring (bicyclic) bond motifs is 3. The summed E-state index contributed by atoms with van der Waals surface area (Å²) in [4.78, 5) is 49.2. The third-order valence-corrected chi connectivity index (χ3v) is 13.4. The summed E-state index contributed by atoms with van der Waals surface area (Å²) >= 11 is 7.12. The lowest BCUT2D eigenvalue weighted by molar-refractivity contribution is -0.148. The number of carbonyl (C=O) groups excluding carboxylic acids is 2. The van der Waals surface area contributed by atoms with Gasteiger partial charge in [0.1, 0.15) is 5.75 Å². The summed E-state index contributed by atoms with van der Waals surface area (Å²) in [5.74, 6) is 0.300. The van der Waals surface area contributed by atoms with Gasteiger partial charge in [0, 0.05) is 86.4 Å². The highest BCUT2D eigenvalue weighted by Gasteiger charge is 2.57. The van der Waals surface area contributed by atoms with Crippen LogP contribution in [0, 0.1) is 17.8 Å². The molecule has 0 radical (unpaired) electrons. The average Bonchev–Trinajstić information content (AvgIpc) is 3.98. The van der Waals surface area contributed by atoms with Crippen LogP contribution in [0.15, 0.2) is 48.7 Å². The highest BCUT2D eigenvalue weighted by atomic mass is 35.5. The van der Waals surface area contributed by atoms with Gasteiger partial charge in [0.05, 0.1) is 28.9 Å². The summed E-state index contributed by atoms with van der Waals surface area (Å²) in [7, 11) is 3.55. The van der Waals surface area contributed by atoms with Crippen LogP contribution in [0.25, 0.3) is 22.4 Å². The maximum Gasteiger partial charge on any atom is 0.309 e. The molecule has 3 fully saturated rings. The minimum absolute atomic E-state index is 0.102. The number of carbonyl (C=O) groups is 3. The van der Waals surface area contributed by atoms with Crippen molar-refractivity contribution in [2.24, 2.45) is 17.9 Å². The minimum atomic E-state index is -0.617. The van der Waals surface area contributed by atoms with Gasteiger partial charge in [0.2, 0.25) is 5.91 Å². The standard InChI is InChI=1S/C43H50ClN7O5/c1-26-30(31-11-18-46-38(37(31)44)27-7-8-28(35(21-27)56-3)22-45-23-29-9-10-36(52)47-29)5-4-6-32(26)49-40(53)39-48-33-24-51(19-12-34(33)50(39)2)20-17-42-13-15-43(25-42,16-14-42)41(54)55/h4-8,11,18,21,29,45H,9-10,12-17,19-20,22-25H2,1-3H3,(H,47,52)(H,49,53)(H,54,55)/t29-,42?,43?/m0/s1. The van der Waals surface area contributed by atoms with Crippen molar-refractivity contribution in [2.45, 2.75) is 83.8 Å². The quantitative estimate of drug-likeness (QED) is 0.119. The van der Waals surface area contributed by atoms with Gasteiger partial charge in [-0.1, -0.05) is 35.9 Å². The van der Waals surface area contributed by atoms with Gasteiger partial charge in [-0.05, 0) is 93.2 Å². The fourth-order valence-corrected chi connectivity index (χ4v) is 10.00. The van der Waals surface area contributed by atoms with E-state index in [-0.39, 0.29) is 23.3 Å². The third kappa shape index (κ3) is 7.18. The van der Waals surface area contributed by atoms with Crippen molar-refractivity contribution in [1.29, 1.82) is 0 Å². The van der Waals surface area contributed by atoms with Gasteiger partial charge in [0.25, 0.3) is 5.91 Å². The molecule has 1 saturated heterocycles. The number of aliphatic carboxylic acids is 1. The monoisotopic (exact) mass is 779 g/mol. The molecule has 4 aliphatic rings. The maximum atomic E-state index is 13.8. The number of imidazole rings is 1. The summed E-state index contributed by atoms with van der Waals surface area (Å²) in [5, 5.41) is 19.9. The normalized spacial score (nSPS) is 22.9. The van der Waals surface area contributed by atoms with Gasteiger partial charge in [-0.2, -0.15) is 0 Å². The van der Waals surface area contributed by atoms with Gasteiger partial charge in [-0.3, -0.25) is 24.3 Å². The van der Waals surface area contributed by atoms with Crippen LogP contribution < -0.4 is 20.7 Å². The molecule has 2 aromatic heterocycles. The number of nitrogens with one attached hydrogen (secondary N) is 3. The van der Waals surface area contributed by atoms with Crippen molar-refractivity contribution in [3.63, 3.8) is 0 Å². The molecule has 2 aliphatic heterocycles. The molecular formula is C43H50ClN7O5. The Balaban J connectivity index is 0.941. The molecule has 12 nitrogen and oxygen atoms in total. The fourth-order valence-electron chi connectivity index (χ4n) is 9.67. The number of ether oxygens (including phenoxy) is 1. The number of hydrogen-bond donors (Lipinski definition) is 4. The molecule has 56 heavy (non-hydrogen) atoms. The molecule has 294 valence electrons. The van der Waals surface area contributed by atoms with Crippen molar-refractivity contribution in [1.82, 2.24) is 30.1 Å². The van der Waals surface area contributed by atoms with E-state index in [1.807, 2.05) is 61.0 Å². The van der Waals surface area contributed by atoms with E-state index in [2.05, 4.69) is 25.8 Å². The van der Waals surface area contributed by atoms with Gasteiger partial charge in [0.15, 0.2) is 5.82 Å². The molecule has 0 spiro atoms. The van der Waals surface area contributed by atoms with Crippen LogP contribution in [0.5, 0.6) is 5.75 Å². The Hall–Kier alpha value is -4.78. The average molecular weight is 780 g/mol. The first kappa shape index (κ1) is 38.1. The first-order valence-electron chi connectivity index (χ1n) is 19.7. The molecule has 13 heteroatoms. The van der Waals surface area contributed by atoms with E-state index in [0.717, 1.165) is 104 Å². The number of carboxylic acids is 1. The number of hydrogen-bond acceptors (Lipinski definition) is 8. The summed E-state index contributed by atoms with van der Waals surface area (Å²) in [6.45, 7) is 5.74. The second-order valence-corrected chi connectivity index (χ2v) is 16.7. The zero-order valence-corrected chi connectivity index (χ0v) is 33.1. The molecule has 2 saturated carbocycles. The summed E-state index contributed by atoms with van der Waals surface area (Å²) in [5.41, 5.74) is 7.30. The topological polar surface area (TPSA) is 151 Å². The highest BCUT2D eigenvalue weighted by Crippen LogP contribution is 2.63. The van der Waals surface area contributed by atoms with E-state index >= 15 is 0 Å². The van der Waals surface area contributed by atoms with Crippen LogP contribution in [0.1, 0.15) is 84.5 Å². The smallest absolute Gasteiger partial charge is 0.309 e. The molecule has 4 aromatic rings. The van der Waals surface area contributed by atoms with Crippen LogP contribution in [-0.4, -0.2) is 75.1 Å². The Kier molecular flexibility index (Phi) is 10.4. The second kappa shape index (κ2) is 15.3. The second-order valence-electron chi connectivity index (χ2n) is 16.3. The van der Waals surface area contributed by atoms with E-state index in [9.17, 15) is 19.5 Å².